The lowest BCUT2D eigenvalue weighted by Gasteiger charge is -2.29. The van der Waals surface area contributed by atoms with Gasteiger partial charge >= 0.3 is 0 Å². The van der Waals surface area contributed by atoms with Gasteiger partial charge in [0, 0.05) is 29.9 Å². The fourth-order valence-corrected chi connectivity index (χ4v) is 4.44. The zero-order chi connectivity index (χ0) is 16.4. The number of thiophene rings is 1. The van der Waals surface area contributed by atoms with Crippen LogP contribution in [0.2, 0.25) is 0 Å². The van der Waals surface area contributed by atoms with E-state index in [2.05, 4.69) is 26.3 Å². The molecule has 1 aliphatic carbocycles. The fourth-order valence-electron chi connectivity index (χ4n) is 3.46. The molecule has 2 aromatic heterocycles. The van der Waals surface area contributed by atoms with Gasteiger partial charge < -0.3 is 9.88 Å². The number of halogens is 1. The van der Waals surface area contributed by atoms with Crippen molar-refractivity contribution in [3.8, 4) is 0 Å². The van der Waals surface area contributed by atoms with Gasteiger partial charge in [0.15, 0.2) is 0 Å². The van der Waals surface area contributed by atoms with Crippen LogP contribution in [-0.2, 0) is 13.0 Å². The number of hydrogen-bond donors (Lipinski definition) is 1. The Morgan fingerprint density at radius 1 is 1.29 bits per heavy atom. The summed E-state index contributed by atoms with van der Waals surface area (Å²) in [7, 11) is 0. The summed E-state index contributed by atoms with van der Waals surface area (Å²) in [5.41, 5.74) is 2.54. The molecular formula is C19H20FN3S. The molecule has 0 radical (unpaired) electrons. The van der Waals surface area contributed by atoms with Crippen LogP contribution >= 0.6 is 11.3 Å². The number of aromatic nitrogens is 2. The van der Waals surface area contributed by atoms with E-state index in [4.69, 9.17) is 0 Å². The third-order valence-corrected chi connectivity index (χ3v) is 5.68. The van der Waals surface area contributed by atoms with E-state index in [-0.39, 0.29) is 11.9 Å². The molecule has 0 aliphatic heterocycles. The minimum absolute atomic E-state index is 0.121. The lowest BCUT2D eigenvalue weighted by molar-refractivity contribution is 0.371. The molecule has 4 rings (SSSR count). The Balaban J connectivity index is 1.60. The first kappa shape index (κ1) is 15.5. The van der Waals surface area contributed by atoms with Gasteiger partial charge in [0.05, 0.1) is 12.4 Å². The van der Waals surface area contributed by atoms with Gasteiger partial charge in [-0.1, -0.05) is 12.1 Å². The van der Waals surface area contributed by atoms with Crippen LogP contribution in [0.4, 0.5) is 4.39 Å². The van der Waals surface area contributed by atoms with E-state index >= 15 is 0 Å². The van der Waals surface area contributed by atoms with Crippen LogP contribution in [0.15, 0.2) is 54.4 Å². The normalized spacial score (nSPS) is 18.3. The van der Waals surface area contributed by atoms with Gasteiger partial charge in [-0.15, -0.1) is 11.3 Å². The fraction of sp³-hybridized carbons (Fsp3) is 0.316. The van der Waals surface area contributed by atoms with Crippen molar-refractivity contribution in [3.05, 3.63) is 76.3 Å². The number of hydrogen-bond acceptors (Lipinski definition) is 3. The number of rotatable bonds is 5. The summed E-state index contributed by atoms with van der Waals surface area (Å²) in [5, 5.41) is 6.00. The molecule has 24 heavy (non-hydrogen) atoms. The van der Waals surface area contributed by atoms with Crippen LogP contribution in [-0.4, -0.2) is 9.55 Å². The van der Waals surface area contributed by atoms with Crippen molar-refractivity contribution in [1.29, 1.82) is 0 Å². The highest BCUT2D eigenvalue weighted by Gasteiger charge is 2.24. The van der Waals surface area contributed by atoms with Crippen molar-refractivity contribution >= 4 is 11.3 Å². The monoisotopic (exact) mass is 341 g/mol. The molecule has 0 amide bonds. The van der Waals surface area contributed by atoms with E-state index in [1.807, 2.05) is 36.0 Å². The minimum atomic E-state index is -0.196. The molecule has 3 nitrogen and oxygen atoms in total. The van der Waals surface area contributed by atoms with E-state index < -0.39 is 0 Å². The molecule has 2 atom stereocenters. The third kappa shape index (κ3) is 3.28. The summed E-state index contributed by atoms with van der Waals surface area (Å²) in [5.74, 6) is -0.196. The highest BCUT2D eigenvalue weighted by molar-refractivity contribution is 7.10. The second-order valence-corrected chi connectivity index (χ2v) is 7.27. The quantitative estimate of drug-likeness (QED) is 0.741. The lowest BCUT2D eigenvalue weighted by Crippen LogP contribution is -2.31. The zero-order valence-corrected chi connectivity index (χ0v) is 14.2. The summed E-state index contributed by atoms with van der Waals surface area (Å²) in [6.07, 6.45) is 9.13. The van der Waals surface area contributed by atoms with Gasteiger partial charge in [0.1, 0.15) is 5.82 Å². The second kappa shape index (κ2) is 6.87. The van der Waals surface area contributed by atoms with Gasteiger partial charge in [0.25, 0.3) is 0 Å². The molecule has 124 valence electrons. The molecule has 1 N–H and O–H groups in total. The second-order valence-electron chi connectivity index (χ2n) is 6.27. The molecule has 1 aromatic carbocycles. The Bertz CT molecular complexity index is 779. The first-order chi connectivity index (χ1) is 11.8. The molecule has 2 heterocycles. The number of fused-ring (bicyclic) bond motifs is 1. The van der Waals surface area contributed by atoms with Crippen LogP contribution in [0.3, 0.4) is 0 Å². The maximum Gasteiger partial charge on any atom is 0.123 e. The van der Waals surface area contributed by atoms with E-state index in [9.17, 15) is 4.39 Å². The van der Waals surface area contributed by atoms with Gasteiger partial charge in [-0.3, -0.25) is 0 Å². The van der Waals surface area contributed by atoms with Crippen LogP contribution in [0.5, 0.6) is 0 Å². The van der Waals surface area contributed by atoms with E-state index in [1.165, 1.54) is 35.4 Å². The smallest absolute Gasteiger partial charge is 0.123 e. The predicted octanol–water partition coefficient (Wildman–Crippen LogP) is 4.49. The van der Waals surface area contributed by atoms with E-state index in [0.717, 1.165) is 18.5 Å². The summed E-state index contributed by atoms with van der Waals surface area (Å²) < 4.78 is 15.4. The number of aryl methyl sites for hydroxylation is 1. The first-order valence-electron chi connectivity index (χ1n) is 8.33. The number of imidazole rings is 1. The zero-order valence-electron chi connectivity index (χ0n) is 13.4. The van der Waals surface area contributed by atoms with E-state index in [0.29, 0.717) is 6.04 Å². The third-order valence-electron chi connectivity index (χ3n) is 4.68. The molecular weight excluding hydrogens is 321 g/mol. The van der Waals surface area contributed by atoms with Gasteiger partial charge in [-0.05, 0) is 54.0 Å². The molecule has 0 saturated carbocycles. The van der Waals surface area contributed by atoms with Crippen LogP contribution in [0.25, 0.3) is 0 Å². The maximum absolute atomic E-state index is 13.3. The average Bonchev–Trinajstić information content (AvgIpc) is 3.26. The summed E-state index contributed by atoms with van der Waals surface area (Å²) >= 11 is 1.85. The molecule has 5 heteroatoms. The van der Waals surface area contributed by atoms with E-state index in [1.54, 1.807) is 6.20 Å². The largest absolute Gasteiger partial charge is 0.336 e. The van der Waals surface area contributed by atoms with Crippen molar-refractivity contribution in [1.82, 2.24) is 14.9 Å². The molecule has 0 saturated heterocycles. The van der Waals surface area contributed by atoms with Crippen LogP contribution < -0.4 is 5.32 Å². The predicted molar refractivity (Wildman–Crippen MR) is 94.5 cm³/mol. The molecule has 1 aliphatic rings. The Morgan fingerprint density at radius 3 is 2.96 bits per heavy atom. The molecule has 0 spiro atoms. The Labute approximate surface area is 145 Å². The molecule has 0 fully saturated rings. The van der Waals surface area contributed by atoms with Gasteiger partial charge in [-0.25, -0.2) is 9.37 Å². The average molecular weight is 341 g/mol. The highest BCUT2D eigenvalue weighted by atomic mass is 32.1. The summed E-state index contributed by atoms with van der Waals surface area (Å²) in [6, 6.07) is 9.55. The SMILES string of the molecule is Fc1ccc(C(Cn2ccnc2)NC2CCCc3sccc32)cc1. The Hall–Kier alpha value is -1.98. The summed E-state index contributed by atoms with van der Waals surface area (Å²) in [4.78, 5) is 5.63. The molecule has 3 aromatic rings. The van der Waals surface area contributed by atoms with Crippen molar-refractivity contribution in [2.24, 2.45) is 0 Å². The molecule has 2 unspecified atom stereocenters. The van der Waals surface area contributed by atoms with Crippen molar-refractivity contribution in [3.63, 3.8) is 0 Å². The van der Waals surface area contributed by atoms with Crippen molar-refractivity contribution < 1.29 is 4.39 Å². The number of benzene rings is 1. The topological polar surface area (TPSA) is 29.9 Å². The Kier molecular flexibility index (Phi) is 4.45. The Morgan fingerprint density at radius 2 is 2.17 bits per heavy atom. The van der Waals surface area contributed by atoms with Crippen molar-refractivity contribution in [2.75, 3.05) is 0 Å². The van der Waals surface area contributed by atoms with Crippen LogP contribution in [0.1, 0.15) is 40.9 Å². The standard InChI is InChI=1S/C19H20FN3S/c20-15-6-4-14(5-7-15)18(12-23-10-9-21-13-23)22-17-2-1-3-19-16(17)8-11-24-19/h4-11,13,17-18,22H,1-3,12H2. The molecule has 0 bridgehead atoms. The number of nitrogens with one attached hydrogen (secondary N) is 1. The van der Waals surface area contributed by atoms with Crippen molar-refractivity contribution in [2.45, 2.75) is 37.9 Å². The highest BCUT2D eigenvalue weighted by Crippen LogP contribution is 2.35. The van der Waals surface area contributed by atoms with Gasteiger partial charge in [-0.2, -0.15) is 0 Å². The minimum Gasteiger partial charge on any atom is -0.336 e. The maximum atomic E-state index is 13.3. The van der Waals surface area contributed by atoms with Crippen LogP contribution in [0, 0.1) is 5.82 Å². The summed E-state index contributed by atoms with van der Waals surface area (Å²) in [6.45, 7) is 0.779. The lowest BCUT2D eigenvalue weighted by atomic mass is 9.92. The number of nitrogens with zero attached hydrogens (tertiary/aromatic N) is 2. The first-order valence-corrected chi connectivity index (χ1v) is 9.21. The van der Waals surface area contributed by atoms with Gasteiger partial charge in [0.2, 0.25) is 0 Å².